The third-order valence-electron chi connectivity index (χ3n) is 8.86. The van der Waals surface area contributed by atoms with Crippen LogP contribution in [0.15, 0.2) is 41.6 Å². The SMILES string of the molecule is C[C@@H]1CCC[C@H](n2cnc(-c3cc(Cl)ccc3-n3cc(C(F)(F)F)nn3)cc2=O)C2CC(CCN2)C2NNCC2NC1. The van der Waals surface area contributed by atoms with Crippen LogP contribution in [0.4, 0.5) is 13.2 Å². The topological polar surface area (TPSA) is 114 Å². The molecule has 4 N–H and O–H groups in total. The average molecular weight is 606 g/mol. The van der Waals surface area contributed by atoms with Gasteiger partial charge in [-0.2, -0.15) is 13.2 Å². The zero-order chi connectivity index (χ0) is 29.4. The first kappa shape index (κ1) is 29.2. The number of halogens is 4. The van der Waals surface area contributed by atoms with Crippen molar-refractivity contribution in [2.75, 3.05) is 19.6 Å². The number of hydrogen-bond donors (Lipinski definition) is 4. The van der Waals surface area contributed by atoms with Gasteiger partial charge < -0.3 is 10.6 Å². The van der Waals surface area contributed by atoms with Crippen LogP contribution in [-0.2, 0) is 6.18 Å². The highest BCUT2D eigenvalue weighted by Crippen LogP contribution is 2.33. The Hall–Kier alpha value is -2.84. The summed E-state index contributed by atoms with van der Waals surface area (Å²) in [5.74, 6) is 0.953. The quantitative estimate of drug-likeness (QED) is 0.360. The van der Waals surface area contributed by atoms with Crippen molar-refractivity contribution in [3.05, 3.63) is 57.9 Å². The number of hydrazine groups is 1. The number of nitrogens with one attached hydrogen (secondary N) is 4. The molecule has 5 heterocycles. The summed E-state index contributed by atoms with van der Waals surface area (Å²) in [4.78, 5) is 18.3. The minimum atomic E-state index is -4.64. The van der Waals surface area contributed by atoms with Crippen molar-refractivity contribution in [2.24, 2.45) is 11.8 Å². The van der Waals surface area contributed by atoms with Crippen LogP contribution in [0.5, 0.6) is 0 Å². The van der Waals surface area contributed by atoms with Gasteiger partial charge in [-0.1, -0.05) is 30.2 Å². The number of alkyl halides is 3. The highest BCUT2D eigenvalue weighted by Gasteiger charge is 2.39. The van der Waals surface area contributed by atoms with Gasteiger partial charge in [0.1, 0.15) is 0 Å². The van der Waals surface area contributed by atoms with Crippen molar-refractivity contribution in [1.82, 2.24) is 46.0 Å². The molecule has 3 aromatic rings. The molecule has 0 saturated carbocycles. The van der Waals surface area contributed by atoms with E-state index in [1.54, 1.807) is 23.0 Å². The van der Waals surface area contributed by atoms with Crippen LogP contribution in [0.25, 0.3) is 16.9 Å². The van der Waals surface area contributed by atoms with Gasteiger partial charge in [0.2, 0.25) is 0 Å². The maximum absolute atomic E-state index is 13.7. The predicted octanol–water partition coefficient (Wildman–Crippen LogP) is 3.33. The van der Waals surface area contributed by atoms with E-state index in [2.05, 4.69) is 43.7 Å². The van der Waals surface area contributed by atoms with E-state index in [9.17, 15) is 18.0 Å². The Morgan fingerprint density at radius 1 is 1.07 bits per heavy atom. The monoisotopic (exact) mass is 605 g/mol. The first-order chi connectivity index (χ1) is 20.2. The van der Waals surface area contributed by atoms with Crippen LogP contribution in [-0.4, -0.2) is 62.3 Å². The largest absolute Gasteiger partial charge is 0.436 e. The molecule has 0 radical (unpaired) electrons. The molecule has 3 aliphatic heterocycles. The fourth-order valence-corrected chi connectivity index (χ4v) is 6.83. The Balaban J connectivity index is 1.32. The number of piperidine rings is 1. The van der Waals surface area contributed by atoms with Gasteiger partial charge in [-0.25, -0.2) is 9.67 Å². The Bertz CT molecular complexity index is 1460. The molecule has 0 spiro atoms. The van der Waals surface area contributed by atoms with Gasteiger partial charge in [-0.15, -0.1) is 5.10 Å². The van der Waals surface area contributed by atoms with Crippen molar-refractivity contribution < 1.29 is 13.2 Å². The van der Waals surface area contributed by atoms with Crippen LogP contribution in [0, 0.1) is 11.8 Å². The van der Waals surface area contributed by atoms with Gasteiger partial charge in [0, 0.05) is 41.3 Å². The molecule has 1 aromatic carbocycles. The van der Waals surface area contributed by atoms with E-state index in [-0.39, 0.29) is 23.3 Å². The fraction of sp³-hybridized carbons (Fsp3) is 0.571. The molecule has 0 amide bonds. The summed E-state index contributed by atoms with van der Waals surface area (Å²) in [7, 11) is 0. The lowest BCUT2D eigenvalue weighted by Crippen LogP contribution is -2.54. The first-order valence-electron chi connectivity index (χ1n) is 14.5. The van der Waals surface area contributed by atoms with Crippen molar-refractivity contribution >= 4 is 11.6 Å². The van der Waals surface area contributed by atoms with Crippen LogP contribution >= 0.6 is 11.6 Å². The van der Waals surface area contributed by atoms with Crippen molar-refractivity contribution in [2.45, 2.75) is 69.4 Å². The summed E-state index contributed by atoms with van der Waals surface area (Å²) in [6.45, 7) is 4.97. The van der Waals surface area contributed by atoms with E-state index < -0.39 is 11.9 Å². The second-order valence-corrected chi connectivity index (χ2v) is 12.2. The molecule has 4 unspecified atom stereocenters. The average Bonchev–Trinajstić information content (AvgIpc) is 3.65. The maximum Gasteiger partial charge on any atom is 0.436 e. The van der Waals surface area contributed by atoms with Crippen LogP contribution in [0.3, 0.4) is 0 Å². The molecule has 0 aliphatic carbocycles. The zero-order valence-corrected chi connectivity index (χ0v) is 24.0. The normalized spacial score (nSPS) is 29.0. The predicted molar refractivity (Wildman–Crippen MR) is 152 cm³/mol. The standard InChI is InChI=1S/C28H35ClF3N9O/c1-16-3-2-4-24(21-9-17(7-8-33-21)27-22(34-12-16)13-36-38-27)40-15-35-20(11-26(40)42)19-10-18(29)5-6-23(19)41-14-25(37-39-41)28(30,31)32/h5-6,10-11,14-17,21-22,24,27,33-34,36,38H,2-4,7-9,12-13H2,1H3/t16-,17?,21?,22?,24+,27?/m1/s1. The van der Waals surface area contributed by atoms with E-state index >= 15 is 0 Å². The minimum absolute atomic E-state index is 0.0854. The molecule has 3 aliphatic rings. The molecular formula is C28H35ClF3N9O. The van der Waals surface area contributed by atoms with Gasteiger partial charge >= 0.3 is 6.18 Å². The number of hydrogen-bond acceptors (Lipinski definition) is 8. The van der Waals surface area contributed by atoms with E-state index in [0.717, 1.165) is 62.6 Å². The highest BCUT2D eigenvalue weighted by molar-refractivity contribution is 6.31. The number of nitrogens with zero attached hydrogens (tertiary/aromatic N) is 5. The molecule has 42 heavy (non-hydrogen) atoms. The Morgan fingerprint density at radius 2 is 1.93 bits per heavy atom. The Morgan fingerprint density at radius 3 is 2.71 bits per heavy atom. The molecule has 6 atom stereocenters. The summed E-state index contributed by atoms with van der Waals surface area (Å²) in [5, 5.41) is 14.7. The van der Waals surface area contributed by atoms with Crippen molar-refractivity contribution in [3.8, 4) is 16.9 Å². The lowest BCUT2D eigenvalue weighted by molar-refractivity contribution is -0.141. The minimum Gasteiger partial charge on any atom is -0.312 e. The lowest BCUT2D eigenvalue weighted by Gasteiger charge is -2.40. The van der Waals surface area contributed by atoms with Gasteiger partial charge in [-0.3, -0.25) is 20.2 Å². The van der Waals surface area contributed by atoms with Gasteiger partial charge in [0.05, 0.1) is 29.9 Å². The molecule has 10 nitrogen and oxygen atoms in total. The van der Waals surface area contributed by atoms with Crippen LogP contribution in [0.2, 0.25) is 5.02 Å². The van der Waals surface area contributed by atoms with Gasteiger partial charge in [0.25, 0.3) is 5.56 Å². The Labute approximate surface area is 246 Å². The van der Waals surface area contributed by atoms with Crippen LogP contribution < -0.4 is 27.0 Å². The third-order valence-corrected chi connectivity index (χ3v) is 9.09. The maximum atomic E-state index is 13.7. The van der Waals surface area contributed by atoms with E-state index in [4.69, 9.17) is 11.6 Å². The van der Waals surface area contributed by atoms with Crippen molar-refractivity contribution in [1.29, 1.82) is 0 Å². The van der Waals surface area contributed by atoms with E-state index in [1.165, 1.54) is 12.1 Å². The number of fused-ring (bicyclic) bond motifs is 4. The molecule has 6 rings (SSSR count). The smallest absolute Gasteiger partial charge is 0.312 e. The third kappa shape index (κ3) is 6.11. The van der Waals surface area contributed by atoms with Gasteiger partial charge in [-0.05, 0) is 68.8 Å². The second kappa shape index (κ2) is 12.0. The van der Waals surface area contributed by atoms with Crippen LogP contribution in [0.1, 0.15) is 50.8 Å². The van der Waals surface area contributed by atoms with Crippen molar-refractivity contribution in [3.63, 3.8) is 0 Å². The number of aromatic nitrogens is 5. The summed E-state index contributed by atoms with van der Waals surface area (Å²) in [6.07, 6.45) is 2.56. The summed E-state index contributed by atoms with van der Waals surface area (Å²) in [6, 6.07) is 6.77. The molecule has 3 saturated heterocycles. The Kier molecular flexibility index (Phi) is 8.38. The molecule has 14 heteroatoms. The summed E-state index contributed by atoms with van der Waals surface area (Å²) < 4.78 is 42.3. The lowest BCUT2D eigenvalue weighted by atomic mass is 9.80. The zero-order valence-electron chi connectivity index (χ0n) is 23.2. The molecule has 2 aromatic heterocycles. The highest BCUT2D eigenvalue weighted by atomic mass is 35.5. The first-order valence-corrected chi connectivity index (χ1v) is 14.9. The summed E-state index contributed by atoms with van der Waals surface area (Å²) >= 11 is 6.26. The molecule has 3 fully saturated rings. The van der Waals surface area contributed by atoms with E-state index in [0.29, 0.717) is 40.2 Å². The molecule has 226 valence electrons. The fourth-order valence-electron chi connectivity index (χ4n) is 6.66. The molecule has 2 bridgehead atoms. The van der Waals surface area contributed by atoms with E-state index in [1.807, 2.05) is 0 Å². The summed E-state index contributed by atoms with van der Waals surface area (Å²) in [5.41, 5.74) is 6.45. The number of rotatable bonds is 3. The van der Waals surface area contributed by atoms with Gasteiger partial charge in [0.15, 0.2) is 5.69 Å². The second-order valence-electron chi connectivity index (χ2n) is 11.7. The molecular weight excluding hydrogens is 571 g/mol. The number of benzene rings is 1.